The van der Waals surface area contributed by atoms with E-state index < -0.39 is 10.0 Å². The maximum atomic E-state index is 12.7. The maximum absolute atomic E-state index is 12.7. The van der Waals surface area contributed by atoms with Gasteiger partial charge in [0.25, 0.3) is 5.91 Å². The Labute approximate surface area is 161 Å². The zero-order valence-electron chi connectivity index (χ0n) is 16.2. The number of carbonyl (C=O) groups excluding carboxylic acids is 1. The molecule has 0 aliphatic heterocycles. The van der Waals surface area contributed by atoms with Crippen molar-refractivity contribution in [3.8, 4) is 5.75 Å². The normalized spacial score (nSPS) is 11.3. The molecule has 6 nitrogen and oxygen atoms in total. The van der Waals surface area contributed by atoms with Crippen LogP contribution in [0.25, 0.3) is 0 Å². The molecular formula is C20H26N2O4S. The van der Waals surface area contributed by atoms with Gasteiger partial charge in [0.05, 0.1) is 11.4 Å². The van der Waals surface area contributed by atoms with Crippen molar-refractivity contribution < 1.29 is 17.9 Å². The van der Waals surface area contributed by atoms with Crippen LogP contribution in [0.2, 0.25) is 0 Å². The Morgan fingerprint density at radius 3 is 2.41 bits per heavy atom. The number of nitrogens with one attached hydrogen (secondary N) is 1. The summed E-state index contributed by atoms with van der Waals surface area (Å²) in [6.07, 6.45) is 0. The number of carbonyl (C=O) groups is 1. The molecule has 7 heteroatoms. The number of amides is 1. The first-order valence-electron chi connectivity index (χ1n) is 8.80. The number of ether oxygens (including phenoxy) is 1. The van der Waals surface area contributed by atoms with E-state index in [1.54, 1.807) is 27.0 Å². The summed E-state index contributed by atoms with van der Waals surface area (Å²) in [5, 5.41) is 0. The van der Waals surface area contributed by atoms with Crippen LogP contribution >= 0.6 is 0 Å². The monoisotopic (exact) mass is 390 g/mol. The van der Waals surface area contributed by atoms with Crippen molar-refractivity contribution >= 4 is 15.9 Å². The van der Waals surface area contributed by atoms with Gasteiger partial charge in [-0.3, -0.25) is 4.79 Å². The van der Waals surface area contributed by atoms with Gasteiger partial charge in [-0.25, -0.2) is 13.1 Å². The molecule has 0 fully saturated rings. The van der Waals surface area contributed by atoms with E-state index in [2.05, 4.69) is 4.72 Å². The molecule has 2 rings (SSSR count). The van der Waals surface area contributed by atoms with E-state index in [9.17, 15) is 13.2 Å². The highest BCUT2D eigenvalue weighted by molar-refractivity contribution is 7.89. The first kappa shape index (κ1) is 20.9. The molecule has 0 aromatic heterocycles. The second kappa shape index (κ2) is 9.01. The van der Waals surface area contributed by atoms with E-state index >= 15 is 0 Å². The van der Waals surface area contributed by atoms with E-state index in [4.69, 9.17) is 4.74 Å². The molecule has 146 valence electrons. The van der Waals surface area contributed by atoms with Crippen LogP contribution in [0.5, 0.6) is 5.75 Å². The van der Waals surface area contributed by atoms with E-state index in [1.807, 2.05) is 31.2 Å². The Hall–Kier alpha value is -2.38. The summed E-state index contributed by atoms with van der Waals surface area (Å²) in [4.78, 5) is 14.4. The largest absolute Gasteiger partial charge is 0.492 e. The molecule has 0 atom stereocenters. The summed E-state index contributed by atoms with van der Waals surface area (Å²) in [6.45, 7) is 6.52. The van der Waals surface area contributed by atoms with E-state index in [0.29, 0.717) is 18.7 Å². The van der Waals surface area contributed by atoms with Gasteiger partial charge >= 0.3 is 0 Å². The number of hydrogen-bond donors (Lipinski definition) is 1. The standard InChI is InChI=1S/C20H26N2O4S/c1-5-21-27(24,25)18-11-8-16(3)19(14-18)20(23)22(4)12-13-26-17-9-6-15(2)7-10-17/h6-11,14,21H,5,12-13H2,1-4H3. The lowest BCUT2D eigenvalue weighted by Crippen LogP contribution is -2.31. The molecule has 1 amide bonds. The van der Waals surface area contributed by atoms with Gasteiger partial charge in [-0.15, -0.1) is 0 Å². The molecule has 0 aliphatic rings. The number of likely N-dealkylation sites (N-methyl/N-ethyl adjacent to an activating group) is 1. The second-order valence-corrected chi connectivity index (χ2v) is 8.13. The van der Waals surface area contributed by atoms with Gasteiger partial charge in [0.2, 0.25) is 10.0 Å². The molecule has 1 N–H and O–H groups in total. The minimum Gasteiger partial charge on any atom is -0.492 e. The van der Waals surface area contributed by atoms with Gasteiger partial charge in [-0.05, 0) is 43.7 Å². The van der Waals surface area contributed by atoms with Gasteiger partial charge in [-0.1, -0.05) is 30.7 Å². The minimum absolute atomic E-state index is 0.0857. The van der Waals surface area contributed by atoms with E-state index in [-0.39, 0.29) is 17.3 Å². The lowest BCUT2D eigenvalue weighted by molar-refractivity contribution is 0.0773. The van der Waals surface area contributed by atoms with Crippen molar-refractivity contribution in [3.05, 3.63) is 59.2 Å². The number of rotatable bonds is 8. The molecular weight excluding hydrogens is 364 g/mol. The molecule has 27 heavy (non-hydrogen) atoms. The van der Waals surface area contributed by atoms with Crippen LogP contribution in [-0.2, 0) is 10.0 Å². The van der Waals surface area contributed by atoms with Gasteiger partial charge in [0.15, 0.2) is 0 Å². The third-order valence-electron chi connectivity index (χ3n) is 4.15. The molecule has 0 saturated heterocycles. The van der Waals surface area contributed by atoms with Crippen LogP contribution in [0.1, 0.15) is 28.4 Å². The van der Waals surface area contributed by atoms with Crippen LogP contribution in [0.15, 0.2) is 47.4 Å². The molecule has 2 aromatic rings. The van der Waals surface area contributed by atoms with Crippen molar-refractivity contribution in [2.24, 2.45) is 0 Å². The average Bonchev–Trinajstić information content (AvgIpc) is 2.63. The predicted octanol–water partition coefficient (Wildman–Crippen LogP) is 2.75. The van der Waals surface area contributed by atoms with E-state index in [1.165, 1.54) is 17.0 Å². The number of aryl methyl sites for hydroxylation is 2. The lowest BCUT2D eigenvalue weighted by atomic mass is 10.1. The van der Waals surface area contributed by atoms with Crippen LogP contribution in [0, 0.1) is 13.8 Å². The first-order chi connectivity index (χ1) is 12.7. The zero-order chi connectivity index (χ0) is 20.0. The fraction of sp³-hybridized carbons (Fsp3) is 0.350. The van der Waals surface area contributed by atoms with Gasteiger partial charge in [-0.2, -0.15) is 0 Å². The molecule has 0 radical (unpaired) electrons. The van der Waals surface area contributed by atoms with Crippen LogP contribution in [0.3, 0.4) is 0 Å². The highest BCUT2D eigenvalue weighted by atomic mass is 32.2. The van der Waals surface area contributed by atoms with Crippen molar-refractivity contribution in [1.82, 2.24) is 9.62 Å². The average molecular weight is 391 g/mol. The van der Waals surface area contributed by atoms with Gasteiger partial charge in [0.1, 0.15) is 12.4 Å². The van der Waals surface area contributed by atoms with Gasteiger partial charge < -0.3 is 9.64 Å². The number of benzene rings is 2. The topological polar surface area (TPSA) is 75.7 Å². The quantitative estimate of drug-likeness (QED) is 0.752. The predicted molar refractivity (Wildman–Crippen MR) is 106 cm³/mol. The molecule has 0 saturated carbocycles. The lowest BCUT2D eigenvalue weighted by Gasteiger charge is -2.19. The van der Waals surface area contributed by atoms with Crippen LogP contribution in [0.4, 0.5) is 0 Å². The zero-order valence-corrected chi connectivity index (χ0v) is 17.0. The molecule has 0 spiro atoms. The molecule has 0 bridgehead atoms. The summed E-state index contributed by atoms with van der Waals surface area (Å²) < 4.78 is 32.5. The third-order valence-corrected chi connectivity index (χ3v) is 5.69. The van der Waals surface area contributed by atoms with Crippen LogP contribution in [-0.4, -0.2) is 46.0 Å². The van der Waals surface area contributed by atoms with Gasteiger partial charge in [0, 0.05) is 19.2 Å². The molecule has 0 aliphatic carbocycles. The molecule has 2 aromatic carbocycles. The van der Waals surface area contributed by atoms with Crippen LogP contribution < -0.4 is 9.46 Å². The molecule has 0 unspecified atom stereocenters. The van der Waals surface area contributed by atoms with Crippen molar-refractivity contribution in [3.63, 3.8) is 0 Å². The number of nitrogens with zero attached hydrogens (tertiary/aromatic N) is 1. The van der Waals surface area contributed by atoms with Crippen molar-refractivity contribution in [1.29, 1.82) is 0 Å². The smallest absolute Gasteiger partial charge is 0.254 e. The first-order valence-corrected chi connectivity index (χ1v) is 10.3. The second-order valence-electron chi connectivity index (χ2n) is 6.37. The third kappa shape index (κ3) is 5.55. The Morgan fingerprint density at radius 1 is 1.11 bits per heavy atom. The number of sulfonamides is 1. The number of hydrogen-bond acceptors (Lipinski definition) is 4. The summed E-state index contributed by atoms with van der Waals surface area (Å²) in [5.74, 6) is 0.505. The Bertz CT molecular complexity index is 893. The van der Waals surface area contributed by atoms with Crippen molar-refractivity contribution in [2.45, 2.75) is 25.7 Å². The summed E-state index contributed by atoms with van der Waals surface area (Å²) in [6, 6.07) is 12.3. The molecule has 0 heterocycles. The van der Waals surface area contributed by atoms with Crippen molar-refractivity contribution in [2.75, 3.05) is 26.7 Å². The highest BCUT2D eigenvalue weighted by Crippen LogP contribution is 2.17. The SMILES string of the molecule is CCNS(=O)(=O)c1ccc(C)c(C(=O)N(C)CCOc2ccc(C)cc2)c1. The fourth-order valence-corrected chi connectivity index (χ4v) is 3.58. The summed E-state index contributed by atoms with van der Waals surface area (Å²) in [7, 11) is -1.94. The minimum atomic E-state index is -3.61. The summed E-state index contributed by atoms with van der Waals surface area (Å²) in [5.41, 5.74) is 2.24. The fourth-order valence-electron chi connectivity index (χ4n) is 2.51. The Morgan fingerprint density at radius 2 is 1.78 bits per heavy atom. The highest BCUT2D eigenvalue weighted by Gasteiger charge is 2.19. The van der Waals surface area contributed by atoms with E-state index in [0.717, 1.165) is 16.9 Å². The Kier molecular flexibility index (Phi) is 6.98. The maximum Gasteiger partial charge on any atom is 0.254 e. The summed E-state index contributed by atoms with van der Waals surface area (Å²) >= 11 is 0. The Balaban J connectivity index is 2.06.